The van der Waals surface area contributed by atoms with Crippen LogP contribution in [0.15, 0.2) is 48.5 Å². The van der Waals surface area contributed by atoms with Gasteiger partial charge in [0.15, 0.2) is 0 Å². The van der Waals surface area contributed by atoms with Crippen molar-refractivity contribution in [1.82, 2.24) is 25.4 Å². The highest BCUT2D eigenvalue weighted by Gasteiger charge is 2.29. The zero-order valence-corrected chi connectivity index (χ0v) is 19.3. The van der Waals surface area contributed by atoms with Crippen molar-refractivity contribution in [2.24, 2.45) is 0 Å². The van der Waals surface area contributed by atoms with Crippen LogP contribution in [0, 0.1) is 0 Å². The summed E-state index contributed by atoms with van der Waals surface area (Å²) in [5.74, 6) is -2.39. The van der Waals surface area contributed by atoms with Crippen LogP contribution in [0.5, 0.6) is 0 Å². The van der Waals surface area contributed by atoms with Gasteiger partial charge in [0.25, 0.3) is 11.9 Å². The quantitative estimate of drug-likeness (QED) is 0.366. The topological polar surface area (TPSA) is 150 Å². The standard InChI is InChI=1S/C24H26N6O5/c1-30(2)12-11-19(22(32)33)25-21(31)20-26-23(29-28-20)27-24(34)35-13-18-16-9-5-3-7-14(16)15-8-4-6-10-17(15)18/h3-10,18-19H,11-13H2,1-2H3,(H,25,31)(H,32,33)(H2,26,27,28,29,34). The minimum atomic E-state index is -1.16. The molecule has 0 saturated carbocycles. The molecule has 1 heterocycles. The zero-order valence-electron chi connectivity index (χ0n) is 19.3. The number of amides is 2. The molecule has 1 atom stereocenters. The van der Waals surface area contributed by atoms with Crippen LogP contribution in [0.4, 0.5) is 10.7 Å². The number of benzene rings is 2. The van der Waals surface area contributed by atoms with Crippen molar-refractivity contribution in [3.63, 3.8) is 0 Å². The second kappa shape index (κ2) is 10.3. The maximum atomic E-state index is 12.4. The number of rotatable bonds is 9. The van der Waals surface area contributed by atoms with Crippen LogP contribution in [0.3, 0.4) is 0 Å². The first-order valence-electron chi connectivity index (χ1n) is 11.1. The van der Waals surface area contributed by atoms with Crippen molar-refractivity contribution in [2.75, 3.05) is 32.6 Å². The molecule has 1 unspecified atom stereocenters. The first-order chi connectivity index (χ1) is 16.8. The molecule has 1 aliphatic carbocycles. The molecule has 4 rings (SSSR count). The molecule has 11 heteroatoms. The molecule has 0 aliphatic heterocycles. The average molecular weight is 479 g/mol. The van der Waals surface area contributed by atoms with E-state index in [1.54, 1.807) is 14.1 Å². The number of nitrogens with one attached hydrogen (secondary N) is 3. The summed E-state index contributed by atoms with van der Waals surface area (Å²) in [6, 6.07) is 14.9. The number of carbonyl (C=O) groups excluding carboxylic acids is 2. The van der Waals surface area contributed by atoms with Crippen molar-refractivity contribution >= 4 is 23.9 Å². The lowest BCUT2D eigenvalue weighted by Crippen LogP contribution is -2.42. The summed E-state index contributed by atoms with van der Waals surface area (Å²) < 4.78 is 5.44. The van der Waals surface area contributed by atoms with Crippen LogP contribution in [0.1, 0.15) is 34.1 Å². The Bertz CT molecular complexity index is 1190. The minimum Gasteiger partial charge on any atom is -0.480 e. The number of aliphatic carboxylic acids is 1. The Balaban J connectivity index is 1.34. The number of ether oxygens (including phenoxy) is 1. The van der Waals surface area contributed by atoms with Gasteiger partial charge in [0.05, 0.1) is 0 Å². The summed E-state index contributed by atoms with van der Waals surface area (Å²) in [6.45, 7) is 0.589. The zero-order chi connectivity index (χ0) is 24.9. The molecule has 182 valence electrons. The molecule has 0 bridgehead atoms. The molecular formula is C24H26N6O5. The lowest BCUT2D eigenvalue weighted by Gasteiger charge is -2.16. The average Bonchev–Trinajstić information content (AvgIpc) is 3.43. The summed E-state index contributed by atoms with van der Waals surface area (Å²) in [6.07, 6.45) is -0.556. The van der Waals surface area contributed by atoms with Crippen LogP contribution >= 0.6 is 0 Å². The van der Waals surface area contributed by atoms with E-state index in [2.05, 4.69) is 25.8 Å². The van der Waals surface area contributed by atoms with E-state index < -0.39 is 24.0 Å². The number of carboxylic acid groups (broad SMARTS) is 1. The molecule has 2 amide bonds. The van der Waals surface area contributed by atoms with Crippen LogP contribution in [-0.4, -0.2) is 76.4 Å². The highest BCUT2D eigenvalue weighted by Crippen LogP contribution is 2.44. The van der Waals surface area contributed by atoms with Gasteiger partial charge in [-0.2, -0.15) is 4.98 Å². The van der Waals surface area contributed by atoms with Gasteiger partial charge >= 0.3 is 12.1 Å². The molecule has 35 heavy (non-hydrogen) atoms. The number of aromatic nitrogens is 3. The van der Waals surface area contributed by atoms with Crippen LogP contribution in [0.2, 0.25) is 0 Å². The SMILES string of the molecule is CN(C)CCC(NC(=O)c1nc(NC(=O)OCC2c3ccccc3-c3ccccc32)n[nH]1)C(=O)O. The number of fused-ring (bicyclic) bond motifs is 3. The highest BCUT2D eigenvalue weighted by atomic mass is 16.5. The number of nitrogens with zero attached hydrogens (tertiary/aromatic N) is 3. The van der Waals surface area contributed by atoms with E-state index in [0.717, 1.165) is 22.3 Å². The summed E-state index contributed by atoms with van der Waals surface area (Å²) in [7, 11) is 3.61. The molecule has 1 aromatic heterocycles. The first-order valence-corrected chi connectivity index (χ1v) is 11.1. The van der Waals surface area contributed by atoms with Crippen LogP contribution < -0.4 is 10.6 Å². The molecule has 0 spiro atoms. The number of hydrogen-bond donors (Lipinski definition) is 4. The van der Waals surface area contributed by atoms with E-state index in [9.17, 15) is 19.5 Å². The number of aromatic amines is 1. The molecule has 4 N–H and O–H groups in total. The molecule has 2 aromatic carbocycles. The summed E-state index contributed by atoms with van der Waals surface area (Å²) in [4.78, 5) is 41.9. The summed E-state index contributed by atoms with van der Waals surface area (Å²) in [5.41, 5.74) is 4.40. The Kier molecular flexibility index (Phi) is 7.06. The van der Waals surface area contributed by atoms with Gasteiger partial charge in [-0.25, -0.2) is 9.59 Å². The minimum absolute atomic E-state index is 0.100. The summed E-state index contributed by atoms with van der Waals surface area (Å²) >= 11 is 0. The largest absolute Gasteiger partial charge is 0.480 e. The van der Waals surface area contributed by atoms with Gasteiger partial charge in [0, 0.05) is 12.5 Å². The lowest BCUT2D eigenvalue weighted by molar-refractivity contribution is -0.139. The van der Waals surface area contributed by atoms with Crippen LogP contribution in [-0.2, 0) is 9.53 Å². The lowest BCUT2D eigenvalue weighted by atomic mass is 9.98. The van der Waals surface area contributed by atoms with Crippen molar-refractivity contribution < 1.29 is 24.2 Å². The van der Waals surface area contributed by atoms with Gasteiger partial charge in [-0.3, -0.25) is 15.2 Å². The van der Waals surface area contributed by atoms with Gasteiger partial charge in [-0.1, -0.05) is 48.5 Å². The predicted molar refractivity (Wildman–Crippen MR) is 127 cm³/mol. The molecule has 0 saturated heterocycles. The predicted octanol–water partition coefficient (Wildman–Crippen LogP) is 2.30. The third-order valence-corrected chi connectivity index (χ3v) is 5.73. The Labute approximate surface area is 201 Å². The Morgan fingerprint density at radius 3 is 2.31 bits per heavy atom. The van der Waals surface area contributed by atoms with Gasteiger partial charge in [-0.15, -0.1) is 5.10 Å². The summed E-state index contributed by atoms with van der Waals surface area (Å²) in [5, 5.41) is 20.3. The number of anilines is 1. The van der Waals surface area contributed by atoms with Crippen molar-refractivity contribution in [3.8, 4) is 11.1 Å². The van der Waals surface area contributed by atoms with E-state index in [0.29, 0.717) is 6.54 Å². The number of carboxylic acids is 1. The highest BCUT2D eigenvalue weighted by molar-refractivity contribution is 5.94. The molecule has 1 aliphatic rings. The fourth-order valence-corrected chi connectivity index (χ4v) is 4.02. The monoisotopic (exact) mass is 478 g/mol. The van der Waals surface area contributed by atoms with Crippen molar-refractivity contribution in [1.29, 1.82) is 0 Å². The molecule has 3 aromatic rings. The smallest absolute Gasteiger partial charge is 0.414 e. The van der Waals surface area contributed by atoms with Crippen LogP contribution in [0.25, 0.3) is 11.1 Å². The second-order valence-corrected chi connectivity index (χ2v) is 8.41. The third-order valence-electron chi connectivity index (χ3n) is 5.73. The van der Waals surface area contributed by atoms with E-state index >= 15 is 0 Å². The van der Waals surface area contributed by atoms with Gasteiger partial charge < -0.3 is 20.1 Å². The first kappa shape index (κ1) is 23.9. The fourth-order valence-electron chi connectivity index (χ4n) is 4.02. The van der Waals surface area contributed by atoms with Crippen molar-refractivity contribution in [3.05, 3.63) is 65.5 Å². The van der Waals surface area contributed by atoms with Gasteiger partial charge in [0.2, 0.25) is 5.82 Å². The molecule has 11 nitrogen and oxygen atoms in total. The maximum Gasteiger partial charge on any atom is 0.414 e. The molecule has 0 fully saturated rings. The fraction of sp³-hybridized carbons (Fsp3) is 0.292. The van der Waals surface area contributed by atoms with Crippen molar-refractivity contribution in [2.45, 2.75) is 18.4 Å². The number of H-pyrrole nitrogens is 1. The second-order valence-electron chi connectivity index (χ2n) is 8.41. The maximum absolute atomic E-state index is 12.4. The third kappa shape index (κ3) is 5.46. The molecule has 0 radical (unpaired) electrons. The normalized spacial score (nSPS) is 13.1. The Morgan fingerprint density at radius 2 is 1.71 bits per heavy atom. The Hall–Kier alpha value is -4.25. The number of hydrogen-bond acceptors (Lipinski definition) is 7. The van der Waals surface area contributed by atoms with E-state index in [4.69, 9.17) is 4.74 Å². The van der Waals surface area contributed by atoms with Gasteiger partial charge in [-0.05, 0) is 42.8 Å². The van der Waals surface area contributed by atoms with E-state index in [1.165, 1.54) is 0 Å². The van der Waals surface area contributed by atoms with E-state index in [-0.39, 0.29) is 30.7 Å². The Morgan fingerprint density at radius 1 is 1.09 bits per heavy atom. The molecular weight excluding hydrogens is 452 g/mol. The van der Waals surface area contributed by atoms with E-state index in [1.807, 2.05) is 53.4 Å². The van der Waals surface area contributed by atoms with Gasteiger partial charge in [0.1, 0.15) is 12.6 Å². The number of carbonyl (C=O) groups is 3.